The summed E-state index contributed by atoms with van der Waals surface area (Å²) >= 11 is 18.5. The van der Waals surface area contributed by atoms with Gasteiger partial charge in [-0.3, -0.25) is 4.52 Å². The van der Waals surface area contributed by atoms with Crippen molar-refractivity contribution >= 4 is 48.3 Å². The predicted octanol–water partition coefficient (Wildman–Crippen LogP) is 4.85. The lowest BCUT2D eigenvalue weighted by molar-refractivity contribution is -0.137. The number of fused-ring (bicyclic) bond motifs is 1. The molecule has 18 heteroatoms. The van der Waals surface area contributed by atoms with Gasteiger partial charge in [-0.2, -0.15) is 18.2 Å². The quantitative estimate of drug-likeness (QED) is 0.238. The number of ether oxygens (including phenoxy) is 1. The largest absolute Gasteiger partial charge is 0.490 e. The molecule has 0 saturated carbocycles. The number of halogens is 6. The molecule has 0 radical (unpaired) electrons. The molecule has 0 saturated heterocycles. The molecule has 0 aliphatic rings. The molecule has 4 rings (SSSR count). The van der Waals surface area contributed by atoms with Crippen LogP contribution in [0.1, 0.15) is 5.56 Å². The number of aromatic nitrogens is 4. The highest BCUT2D eigenvalue weighted by molar-refractivity contribution is 7.46. The molecule has 3 heterocycles. The van der Waals surface area contributed by atoms with Gasteiger partial charge in [0.1, 0.15) is 18.1 Å². The van der Waals surface area contributed by atoms with Gasteiger partial charge in [0.25, 0.3) is 5.89 Å². The van der Waals surface area contributed by atoms with Gasteiger partial charge in [-0.05, 0) is 12.1 Å². The lowest BCUT2D eigenvalue weighted by atomic mass is 10.2. The Morgan fingerprint density at radius 1 is 1.08 bits per heavy atom. The average Bonchev–Trinajstić information content (AvgIpc) is 3.44. The van der Waals surface area contributed by atoms with Crippen LogP contribution >= 0.6 is 42.6 Å². The number of alkyl halides is 3. The van der Waals surface area contributed by atoms with Gasteiger partial charge in [0.15, 0.2) is 5.65 Å². The molecular formula is C19H14Cl3F3N5O6P. The summed E-state index contributed by atoms with van der Waals surface area (Å²) in [7, 11) is -4.68. The Kier molecular flexibility index (Phi) is 7.75. The maximum absolute atomic E-state index is 13.1. The molecule has 0 amide bonds. The van der Waals surface area contributed by atoms with Crippen LogP contribution in [0.15, 0.2) is 35.1 Å². The van der Waals surface area contributed by atoms with Crippen LogP contribution in [0.3, 0.4) is 0 Å². The molecule has 0 aliphatic heterocycles. The van der Waals surface area contributed by atoms with E-state index >= 15 is 0 Å². The Bertz CT molecular complexity index is 1510. The average molecular weight is 603 g/mol. The minimum atomic E-state index is -4.68. The zero-order valence-corrected chi connectivity index (χ0v) is 21.1. The van der Waals surface area contributed by atoms with Crippen molar-refractivity contribution < 1.29 is 41.3 Å². The lowest BCUT2D eigenvalue weighted by Crippen LogP contribution is -2.32. The van der Waals surface area contributed by atoms with E-state index in [0.717, 1.165) is 16.7 Å². The fourth-order valence-corrected chi connectivity index (χ4v) is 4.10. The van der Waals surface area contributed by atoms with Crippen LogP contribution in [-0.4, -0.2) is 48.6 Å². The minimum Gasteiger partial charge on any atom is -0.490 e. The van der Waals surface area contributed by atoms with Gasteiger partial charge >= 0.3 is 14.0 Å². The number of nitrogens with zero attached hydrogens (tertiary/aromatic N) is 4. The van der Waals surface area contributed by atoms with E-state index in [0.29, 0.717) is 0 Å². The molecule has 4 N–H and O–H groups in total. The zero-order chi connectivity index (χ0) is 27.1. The Labute approximate surface area is 220 Å². The van der Waals surface area contributed by atoms with Crippen LogP contribution in [0, 0.1) is 0 Å². The first-order valence-electron chi connectivity index (χ1n) is 9.88. The molecule has 198 valence electrons. The Morgan fingerprint density at radius 2 is 1.81 bits per heavy atom. The van der Waals surface area contributed by atoms with E-state index in [9.17, 15) is 17.7 Å². The molecule has 1 unspecified atom stereocenters. The number of rotatable bonds is 8. The number of imidazole rings is 1. The van der Waals surface area contributed by atoms with Crippen LogP contribution in [0.4, 0.5) is 13.2 Å². The smallest absolute Gasteiger partial charge is 0.469 e. The first kappa shape index (κ1) is 27.6. The fourth-order valence-electron chi connectivity index (χ4n) is 3.00. The van der Waals surface area contributed by atoms with Gasteiger partial charge in [-0.15, -0.1) is 0 Å². The van der Waals surface area contributed by atoms with E-state index in [1.54, 1.807) is 0 Å². The van der Waals surface area contributed by atoms with E-state index in [2.05, 4.69) is 19.6 Å². The molecular weight excluding hydrogens is 589 g/mol. The number of phosphoric acid groups is 1. The van der Waals surface area contributed by atoms with Gasteiger partial charge in [0.2, 0.25) is 5.82 Å². The van der Waals surface area contributed by atoms with Crippen molar-refractivity contribution in [1.82, 2.24) is 19.5 Å². The summed E-state index contributed by atoms with van der Waals surface area (Å²) in [5.41, 5.74) is 5.09. The molecule has 0 fully saturated rings. The number of phosphoric ester groups is 1. The van der Waals surface area contributed by atoms with Gasteiger partial charge in [-0.25, -0.2) is 9.55 Å². The van der Waals surface area contributed by atoms with E-state index in [1.165, 1.54) is 18.3 Å². The van der Waals surface area contributed by atoms with Gasteiger partial charge in [0.05, 0.1) is 33.3 Å². The summed E-state index contributed by atoms with van der Waals surface area (Å²) in [5, 5.41) is 3.77. The minimum absolute atomic E-state index is 0.000621. The summed E-state index contributed by atoms with van der Waals surface area (Å²) in [6.07, 6.45) is -2.53. The van der Waals surface area contributed by atoms with Crippen molar-refractivity contribution in [2.45, 2.75) is 12.2 Å². The molecule has 37 heavy (non-hydrogen) atoms. The SMILES string of the molecule is NC(COc1cc(Cl)c(-c2noc(-c3cn4cc(C(F)(F)F)cc(Cl)c4n3)n2)cc1Cl)COP(=O)(O)O. The standard InChI is InChI=1S/C19H14Cl3F3N5O6P/c20-11-3-15(34-6-9(26)7-35-37(31,32)33)12(21)2-10(11)16-28-18(36-29-16)14-5-30-4-8(19(23,24)25)1-13(22)17(30)27-14/h1-5,9H,6-7,26H2,(H2,31,32,33). The number of benzene rings is 1. The summed E-state index contributed by atoms with van der Waals surface area (Å²) in [4.78, 5) is 25.8. The zero-order valence-electron chi connectivity index (χ0n) is 18.0. The van der Waals surface area contributed by atoms with E-state index in [4.69, 9.17) is 59.6 Å². The predicted molar refractivity (Wildman–Crippen MR) is 125 cm³/mol. The van der Waals surface area contributed by atoms with Gasteiger partial charge in [0, 0.05) is 24.0 Å². The first-order valence-corrected chi connectivity index (χ1v) is 12.5. The van der Waals surface area contributed by atoms with Crippen LogP contribution < -0.4 is 10.5 Å². The third-order valence-corrected chi connectivity index (χ3v) is 6.02. The van der Waals surface area contributed by atoms with Crippen molar-refractivity contribution in [1.29, 1.82) is 0 Å². The third-order valence-electron chi connectivity index (χ3n) is 4.65. The van der Waals surface area contributed by atoms with Crippen LogP contribution in [0.2, 0.25) is 15.1 Å². The maximum Gasteiger partial charge on any atom is 0.469 e. The van der Waals surface area contributed by atoms with E-state index in [-0.39, 0.29) is 56.0 Å². The number of pyridine rings is 1. The summed E-state index contributed by atoms with van der Waals surface area (Å²) < 4.78 is 66.0. The molecule has 11 nitrogen and oxygen atoms in total. The summed E-state index contributed by atoms with van der Waals surface area (Å²) in [6, 6.07) is 2.60. The number of nitrogens with two attached hydrogens (primary N) is 1. The molecule has 4 aromatic rings. The fraction of sp³-hybridized carbons (Fsp3) is 0.211. The van der Waals surface area contributed by atoms with Gasteiger partial charge in [-0.1, -0.05) is 40.0 Å². The third kappa shape index (κ3) is 6.54. The van der Waals surface area contributed by atoms with Crippen molar-refractivity contribution in [3.05, 3.63) is 51.2 Å². The molecule has 1 atom stereocenters. The normalized spacial score (nSPS) is 13.3. The van der Waals surface area contributed by atoms with Crippen molar-refractivity contribution in [2.24, 2.45) is 5.73 Å². The van der Waals surface area contributed by atoms with E-state index < -0.39 is 32.2 Å². The molecule has 1 aromatic carbocycles. The Hall–Kier alpha value is -2.42. The lowest BCUT2D eigenvalue weighted by Gasteiger charge is -2.15. The Morgan fingerprint density at radius 3 is 2.49 bits per heavy atom. The second-order valence-corrected chi connectivity index (χ2v) is 9.94. The number of hydrogen-bond acceptors (Lipinski definition) is 8. The topological polar surface area (TPSA) is 158 Å². The van der Waals surface area contributed by atoms with Crippen molar-refractivity contribution in [2.75, 3.05) is 13.2 Å². The summed E-state index contributed by atoms with van der Waals surface area (Å²) in [6.45, 7) is -0.667. The summed E-state index contributed by atoms with van der Waals surface area (Å²) in [5.74, 6) is -0.00701. The molecule has 0 bridgehead atoms. The van der Waals surface area contributed by atoms with Crippen LogP contribution in [0.25, 0.3) is 28.6 Å². The number of hydrogen-bond donors (Lipinski definition) is 3. The highest BCUT2D eigenvalue weighted by atomic mass is 35.5. The molecule has 0 spiro atoms. The monoisotopic (exact) mass is 601 g/mol. The maximum atomic E-state index is 13.1. The molecule has 3 aromatic heterocycles. The highest BCUT2D eigenvalue weighted by Gasteiger charge is 2.32. The van der Waals surface area contributed by atoms with Crippen LogP contribution in [-0.2, 0) is 15.3 Å². The van der Waals surface area contributed by atoms with Crippen LogP contribution in [0.5, 0.6) is 5.75 Å². The highest BCUT2D eigenvalue weighted by Crippen LogP contribution is 2.38. The second-order valence-electron chi connectivity index (χ2n) is 7.47. The van der Waals surface area contributed by atoms with Gasteiger partial charge < -0.3 is 29.2 Å². The van der Waals surface area contributed by atoms with Crippen molar-refractivity contribution in [3.63, 3.8) is 0 Å². The van der Waals surface area contributed by atoms with E-state index in [1.807, 2.05) is 0 Å². The first-order chi connectivity index (χ1) is 17.2. The molecule has 0 aliphatic carbocycles. The Balaban J connectivity index is 1.54. The second kappa shape index (κ2) is 10.4. The van der Waals surface area contributed by atoms with Crippen molar-refractivity contribution in [3.8, 4) is 28.7 Å².